The van der Waals surface area contributed by atoms with Crippen molar-refractivity contribution < 1.29 is 9.13 Å². The van der Waals surface area contributed by atoms with Crippen molar-refractivity contribution in [3.05, 3.63) is 56.2 Å². The molecule has 0 aliphatic carbocycles. The van der Waals surface area contributed by atoms with Crippen molar-refractivity contribution in [2.75, 3.05) is 12.4 Å². The van der Waals surface area contributed by atoms with Crippen molar-refractivity contribution in [3.8, 4) is 5.75 Å². The Morgan fingerprint density at radius 2 is 1.81 bits per heavy atom. The van der Waals surface area contributed by atoms with E-state index in [1.807, 2.05) is 25.1 Å². The smallest absolute Gasteiger partial charge is 0.133 e. The monoisotopic (exact) mass is 391 g/mol. The average Bonchev–Trinajstić information content (AvgIpc) is 2.42. The molecule has 0 aliphatic rings. The molecule has 0 bridgehead atoms. The molecule has 0 amide bonds. The van der Waals surface area contributed by atoms with Gasteiger partial charge >= 0.3 is 0 Å². The molecule has 6 heteroatoms. The second-order valence-electron chi connectivity index (χ2n) is 4.50. The molecule has 0 radical (unpaired) electrons. The Hall–Kier alpha value is -0.970. The topological polar surface area (TPSA) is 21.3 Å². The summed E-state index contributed by atoms with van der Waals surface area (Å²) in [5, 5.41) is 3.69. The Kier molecular flexibility index (Phi) is 5.36. The van der Waals surface area contributed by atoms with Gasteiger partial charge in [0.25, 0.3) is 0 Å². The Bertz CT molecular complexity index is 643. The zero-order valence-corrected chi connectivity index (χ0v) is 14.5. The van der Waals surface area contributed by atoms with Gasteiger partial charge < -0.3 is 10.1 Å². The average molecular weight is 393 g/mol. The van der Waals surface area contributed by atoms with Gasteiger partial charge in [0.05, 0.1) is 27.3 Å². The maximum atomic E-state index is 13.2. The summed E-state index contributed by atoms with van der Waals surface area (Å²) < 4.78 is 19.2. The molecule has 1 unspecified atom stereocenters. The summed E-state index contributed by atoms with van der Waals surface area (Å²) in [6.07, 6.45) is 0. The molecule has 0 aliphatic heterocycles. The van der Waals surface area contributed by atoms with E-state index in [-0.39, 0.29) is 16.1 Å². The molecular weight excluding hydrogens is 380 g/mol. The molecule has 0 heterocycles. The summed E-state index contributed by atoms with van der Waals surface area (Å²) in [4.78, 5) is 0. The van der Waals surface area contributed by atoms with Crippen molar-refractivity contribution in [1.82, 2.24) is 0 Å². The fourth-order valence-corrected chi connectivity index (χ4v) is 3.06. The molecule has 2 aromatic carbocycles. The minimum atomic E-state index is -0.463. The molecule has 0 saturated heterocycles. The number of hydrogen-bond donors (Lipinski definition) is 1. The number of methoxy groups -OCH3 is 1. The highest BCUT2D eigenvalue weighted by Gasteiger charge is 2.13. The van der Waals surface area contributed by atoms with Gasteiger partial charge in [0, 0.05) is 6.04 Å². The Balaban J connectivity index is 2.26. The van der Waals surface area contributed by atoms with Gasteiger partial charge in [-0.25, -0.2) is 4.39 Å². The highest BCUT2D eigenvalue weighted by atomic mass is 79.9. The number of hydrogen-bond acceptors (Lipinski definition) is 2. The maximum absolute atomic E-state index is 13.2. The quantitative estimate of drug-likeness (QED) is 0.680. The molecule has 0 fully saturated rings. The van der Waals surface area contributed by atoms with Crippen LogP contribution in [-0.4, -0.2) is 7.11 Å². The lowest BCUT2D eigenvalue weighted by Crippen LogP contribution is -2.08. The molecular formula is C15H13BrCl2FNO. The largest absolute Gasteiger partial charge is 0.496 e. The fourth-order valence-electron chi connectivity index (χ4n) is 1.93. The minimum absolute atomic E-state index is 0.0623. The second-order valence-corrected chi connectivity index (χ2v) is 6.17. The van der Waals surface area contributed by atoms with E-state index < -0.39 is 5.82 Å². The molecule has 1 N–H and O–H groups in total. The van der Waals surface area contributed by atoms with Crippen LogP contribution in [0.5, 0.6) is 5.75 Å². The van der Waals surface area contributed by atoms with Crippen LogP contribution in [0.3, 0.4) is 0 Å². The van der Waals surface area contributed by atoms with E-state index in [9.17, 15) is 4.39 Å². The summed E-state index contributed by atoms with van der Waals surface area (Å²) in [7, 11) is 1.61. The molecule has 21 heavy (non-hydrogen) atoms. The first-order valence-corrected chi connectivity index (χ1v) is 7.71. The van der Waals surface area contributed by atoms with Crippen molar-refractivity contribution in [2.45, 2.75) is 13.0 Å². The predicted molar refractivity (Wildman–Crippen MR) is 89.2 cm³/mol. The fraction of sp³-hybridized carbons (Fsp3) is 0.200. The lowest BCUT2D eigenvalue weighted by Gasteiger charge is -2.19. The molecule has 0 spiro atoms. The van der Waals surface area contributed by atoms with Crippen LogP contribution in [0.1, 0.15) is 18.5 Å². The summed E-state index contributed by atoms with van der Waals surface area (Å²) in [5.74, 6) is 0.291. The first-order chi connectivity index (χ1) is 9.92. The number of rotatable bonds is 4. The normalized spacial score (nSPS) is 12.1. The Labute approximate surface area is 141 Å². The van der Waals surface area contributed by atoms with Crippen molar-refractivity contribution in [3.63, 3.8) is 0 Å². The van der Waals surface area contributed by atoms with Crippen LogP contribution in [0.15, 0.2) is 34.8 Å². The summed E-state index contributed by atoms with van der Waals surface area (Å²) in [5.41, 5.74) is 1.53. The van der Waals surface area contributed by atoms with Crippen LogP contribution in [0.25, 0.3) is 0 Å². The van der Waals surface area contributed by atoms with Gasteiger partial charge in [-0.2, -0.15) is 0 Å². The van der Waals surface area contributed by atoms with Gasteiger partial charge in [0.15, 0.2) is 0 Å². The van der Waals surface area contributed by atoms with Gasteiger partial charge in [-0.3, -0.25) is 0 Å². The lowest BCUT2D eigenvalue weighted by molar-refractivity contribution is 0.412. The third-order valence-electron chi connectivity index (χ3n) is 3.04. The van der Waals surface area contributed by atoms with Gasteiger partial charge in [0.1, 0.15) is 11.6 Å². The summed E-state index contributed by atoms with van der Waals surface area (Å²) in [6.45, 7) is 1.96. The van der Waals surface area contributed by atoms with Crippen LogP contribution in [-0.2, 0) is 0 Å². The SMILES string of the molecule is COc1ccc(C(C)Nc2c(Cl)cc(F)cc2Cl)cc1Br. The van der Waals surface area contributed by atoms with Crippen molar-refractivity contribution >= 4 is 44.8 Å². The van der Waals surface area contributed by atoms with E-state index in [0.29, 0.717) is 5.69 Å². The maximum Gasteiger partial charge on any atom is 0.133 e. The second kappa shape index (κ2) is 6.86. The van der Waals surface area contributed by atoms with E-state index in [0.717, 1.165) is 15.8 Å². The molecule has 1 atom stereocenters. The molecule has 112 valence electrons. The number of nitrogens with one attached hydrogen (secondary N) is 1. The third kappa shape index (κ3) is 3.82. The molecule has 2 nitrogen and oxygen atoms in total. The van der Waals surface area contributed by atoms with Crippen LogP contribution in [0.2, 0.25) is 10.0 Å². The zero-order chi connectivity index (χ0) is 15.6. The van der Waals surface area contributed by atoms with Gasteiger partial charge in [0.2, 0.25) is 0 Å². The Morgan fingerprint density at radius 3 is 2.33 bits per heavy atom. The Morgan fingerprint density at radius 1 is 1.19 bits per heavy atom. The molecule has 2 rings (SSSR count). The van der Waals surface area contributed by atoms with Crippen LogP contribution in [0.4, 0.5) is 10.1 Å². The van der Waals surface area contributed by atoms with Crippen molar-refractivity contribution in [1.29, 1.82) is 0 Å². The van der Waals surface area contributed by atoms with Crippen molar-refractivity contribution in [2.24, 2.45) is 0 Å². The van der Waals surface area contributed by atoms with E-state index in [2.05, 4.69) is 21.2 Å². The first kappa shape index (κ1) is 16.4. The highest BCUT2D eigenvalue weighted by Crippen LogP contribution is 2.35. The number of ether oxygens (including phenoxy) is 1. The van der Waals surface area contributed by atoms with Gasteiger partial charge in [-0.15, -0.1) is 0 Å². The van der Waals surface area contributed by atoms with E-state index in [1.165, 1.54) is 12.1 Å². The van der Waals surface area contributed by atoms with Gasteiger partial charge in [-0.05, 0) is 52.7 Å². The van der Waals surface area contributed by atoms with E-state index in [1.54, 1.807) is 7.11 Å². The van der Waals surface area contributed by atoms with Crippen LogP contribution in [0, 0.1) is 5.82 Å². The van der Waals surface area contributed by atoms with Crippen LogP contribution < -0.4 is 10.1 Å². The third-order valence-corrected chi connectivity index (χ3v) is 4.26. The van der Waals surface area contributed by atoms with E-state index in [4.69, 9.17) is 27.9 Å². The first-order valence-electron chi connectivity index (χ1n) is 6.17. The highest BCUT2D eigenvalue weighted by molar-refractivity contribution is 9.10. The molecule has 2 aromatic rings. The standard InChI is InChI=1S/C15H13BrCl2FNO/c1-8(9-3-4-14(21-2)11(16)5-9)20-15-12(17)6-10(19)7-13(15)18/h3-8,20H,1-2H3. The molecule has 0 aromatic heterocycles. The zero-order valence-electron chi connectivity index (χ0n) is 11.4. The van der Waals surface area contributed by atoms with E-state index >= 15 is 0 Å². The summed E-state index contributed by atoms with van der Waals surface area (Å²) >= 11 is 15.5. The summed E-state index contributed by atoms with van der Waals surface area (Å²) in [6, 6.07) is 8.14. The lowest BCUT2D eigenvalue weighted by atomic mass is 10.1. The molecule has 0 saturated carbocycles. The number of halogens is 4. The minimum Gasteiger partial charge on any atom is -0.496 e. The predicted octanol–water partition coefficient (Wildman–Crippen LogP) is 6.08. The number of benzene rings is 2. The van der Waals surface area contributed by atoms with Gasteiger partial charge in [-0.1, -0.05) is 29.3 Å². The van der Waals surface area contributed by atoms with Crippen LogP contribution >= 0.6 is 39.1 Å². The number of anilines is 1.